The van der Waals surface area contributed by atoms with Gasteiger partial charge < -0.3 is 14.8 Å². The molecule has 0 radical (unpaired) electrons. The van der Waals surface area contributed by atoms with Crippen LogP contribution in [-0.4, -0.2) is 28.5 Å². The first-order chi connectivity index (χ1) is 14.9. The Morgan fingerprint density at radius 2 is 1.91 bits per heavy atom. The van der Waals surface area contributed by atoms with Crippen LogP contribution in [0.2, 0.25) is 0 Å². The Morgan fingerprint density at radius 3 is 2.59 bits per heavy atom. The number of alkyl halides is 3. The first-order valence-electron chi connectivity index (χ1n) is 10.2. The van der Waals surface area contributed by atoms with Crippen molar-refractivity contribution in [3.63, 3.8) is 0 Å². The molecule has 8 heteroatoms. The number of aromatic amines is 1. The first kappa shape index (κ1) is 22.2. The van der Waals surface area contributed by atoms with Gasteiger partial charge in [-0.05, 0) is 30.0 Å². The van der Waals surface area contributed by atoms with E-state index >= 15 is 0 Å². The molecular formula is C24H22F4N2O2. The number of fused-ring (bicyclic) bond motifs is 2. The van der Waals surface area contributed by atoms with Crippen molar-refractivity contribution in [3.05, 3.63) is 70.5 Å². The Labute approximate surface area is 182 Å². The van der Waals surface area contributed by atoms with Gasteiger partial charge in [-0.3, -0.25) is 0 Å². The summed E-state index contributed by atoms with van der Waals surface area (Å²) < 4.78 is 62.5. The van der Waals surface area contributed by atoms with E-state index in [9.17, 15) is 22.7 Å². The van der Waals surface area contributed by atoms with Crippen LogP contribution in [0, 0.1) is 12.4 Å². The predicted molar refractivity (Wildman–Crippen MR) is 113 cm³/mol. The summed E-state index contributed by atoms with van der Waals surface area (Å²) in [6.45, 7) is 10.8. The summed E-state index contributed by atoms with van der Waals surface area (Å²) in [5.74, 6) is -0.174. The number of aromatic nitrogens is 1. The molecule has 2 N–H and O–H groups in total. The Bertz CT molecular complexity index is 1220. The number of H-pyrrole nitrogens is 1. The summed E-state index contributed by atoms with van der Waals surface area (Å²) in [6, 6.07) is 9.21. The lowest BCUT2D eigenvalue weighted by Crippen LogP contribution is -2.51. The van der Waals surface area contributed by atoms with E-state index in [0.717, 1.165) is 0 Å². The molecule has 32 heavy (non-hydrogen) atoms. The molecule has 0 saturated heterocycles. The highest BCUT2D eigenvalue weighted by atomic mass is 19.4. The summed E-state index contributed by atoms with van der Waals surface area (Å²) in [4.78, 5) is 6.27. The average Bonchev–Trinajstić information content (AvgIpc) is 3.29. The number of rotatable bonds is 5. The van der Waals surface area contributed by atoms with Gasteiger partial charge >= 0.3 is 6.18 Å². The zero-order chi connectivity index (χ0) is 23.3. The van der Waals surface area contributed by atoms with Gasteiger partial charge in [0.15, 0.2) is 5.60 Å². The molecule has 0 amide bonds. The summed E-state index contributed by atoms with van der Waals surface area (Å²) in [5, 5.41) is 11.5. The maximum Gasteiger partial charge on any atom is 0.417 e. The van der Waals surface area contributed by atoms with E-state index in [1.54, 1.807) is 24.3 Å². The highest BCUT2D eigenvalue weighted by Crippen LogP contribution is 2.47. The second-order valence-electron chi connectivity index (χ2n) is 8.92. The third-order valence-corrected chi connectivity index (χ3v) is 6.07. The molecule has 1 aliphatic heterocycles. The minimum Gasteiger partial charge on any atom is -0.493 e. The lowest BCUT2D eigenvalue weighted by Gasteiger charge is -2.38. The Hall–Kier alpha value is -3.05. The number of ether oxygens (including phenoxy) is 1. The third-order valence-electron chi connectivity index (χ3n) is 6.07. The van der Waals surface area contributed by atoms with Gasteiger partial charge in [0.05, 0.1) is 13.2 Å². The number of aliphatic hydroxyl groups is 1. The first-order valence-corrected chi connectivity index (χ1v) is 10.2. The van der Waals surface area contributed by atoms with Crippen molar-refractivity contribution < 1.29 is 27.4 Å². The van der Waals surface area contributed by atoms with E-state index in [4.69, 9.17) is 11.3 Å². The van der Waals surface area contributed by atoms with Gasteiger partial charge in [-0.1, -0.05) is 32.0 Å². The van der Waals surface area contributed by atoms with Crippen LogP contribution >= 0.6 is 0 Å². The predicted octanol–water partition coefficient (Wildman–Crippen LogP) is 6.00. The van der Waals surface area contributed by atoms with Crippen LogP contribution in [0.15, 0.2) is 36.4 Å². The fourth-order valence-electron chi connectivity index (χ4n) is 4.59. The standard InChI is InChI=1S/C24H22F4N2O2/c1-22(2,17-11-15(25)10-14-8-9-32-21(14)17)13-23(31,24(26,27)28)12-19-20(29-3)16-6-4-5-7-18(16)30-19/h4-7,10-11,30-31H,8-9,12-13H2,1-2H3. The second kappa shape index (κ2) is 7.52. The minimum atomic E-state index is -4.99. The molecule has 1 aromatic heterocycles. The molecule has 0 bridgehead atoms. The summed E-state index contributed by atoms with van der Waals surface area (Å²) >= 11 is 0. The maximum atomic E-state index is 14.2. The van der Waals surface area contributed by atoms with Crippen LogP contribution < -0.4 is 4.74 Å². The molecule has 0 spiro atoms. The number of nitrogens with zero attached hydrogens (tertiary/aromatic N) is 1. The topological polar surface area (TPSA) is 49.6 Å². The molecule has 4 nitrogen and oxygen atoms in total. The van der Waals surface area contributed by atoms with Crippen molar-refractivity contribution in [2.75, 3.05) is 6.61 Å². The fourth-order valence-corrected chi connectivity index (χ4v) is 4.59. The van der Waals surface area contributed by atoms with Crippen molar-refractivity contribution in [1.82, 2.24) is 4.98 Å². The van der Waals surface area contributed by atoms with Crippen LogP contribution in [0.1, 0.15) is 37.1 Å². The molecule has 1 aliphatic rings. The zero-order valence-corrected chi connectivity index (χ0v) is 17.6. The van der Waals surface area contributed by atoms with Crippen LogP contribution in [0.4, 0.5) is 23.2 Å². The van der Waals surface area contributed by atoms with Crippen molar-refractivity contribution >= 4 is 16.6 Å². The molecule has 168 valence electrons. The average molecular weight is 446 g/mol. The van der Waals surface area contributed by atoms with Gasteiger partial charge in [-0.15, -0.1) is 0 Å². The van der Waals surface area contributed by atoms with Crippen molar-refractivity contribution in [3.8, 4) is 5.75 Å². The quantitative estimate of drug-likeness (QED) is 0.373. The van der Waals surface area contributed by atoms with Gasteiger partial charge in [0.2, 0.25) is 5.69 Å². The fraction of sp³-hybridized carbons (Fsp3) is 0.375. The molecule has 0 aliphatic carbocycles. The van der Waals surface area contributed by atoms with Gasteiger partial charge in [0, 0.05) is 40.6 Å². The Kier molecular flexibility index (Phi) is 5.21. The number of benzene rings is 2. The number of halogens is 4. The molecule has 3 aromatic rings. The molecule has 0 fully saturated rings. The van der Waals surface area contributed by atoms with Crippen molar-refractivity contribution in [2.45, 2.75) is 50.3 Å². The lowest BCUT2D eigenvalue weighted by atomic mass is 9.72. The number of hydrogen-bond acceptors (Lipinski definition) is 2. The van der Waals surface area contributed by atoms with E-state index in [0.29, 0.717) is 35.2 Å². The number of para-hydroxylation sites is 1. The summed E-state index contributed by atoms with van der Waals surface area (Å²) in [7, 11) is 0. The second-order valence-corrected chi connectivity index (χ2v) is 8.92. The van der Waals surface area contributed by atoms with Gasteiger partial charge in [-0.2, -0.15) is 13.2 Å². The van der Waals surface area contributed by atoms with E-state index in [-0.39, 0.29) is 16.9 Å². The highest BCUT2D eigenvalue weighted by Gasteiger charge is 2.56. The van der Waals surface area contributed by atoms with E-state index in [2.05, 4.69) is 9.83 Å². The Morgan fingerprint density at radius 1 is 1.19 bits per heavy atom. The SMILES string of the molecule is [C-]#[N+]c1c(CC(O)(CC(C)(C)c2cc(F)cc3c2OCC3)C(F)(F)F)[nH]c2ccccc12. The molecular weight excluding hydrogens is 424 g/mol. The number of nitrogens with one attached hydrogen (secondary N) is 1. The van der Waals surface area contributed by atoms with E-state index < -0.39 is 35.9 Å². The van der Waals surface area contributed by atoms with Gasteiger partial charge in [0.1, 0.15) is 11.6 Å². The monoisotopic (exact) mass is 446 g/mol. The van der Waals surface area contributed by atoms with Gasteiger partial charge in [0.25, 0.3) is 0 Å². The van der Waals surface area contributed by atoms with Gasteiger partial charge in [-0.25, -0.2) is 9.24 Å². The van der Waals surface area contributed by atoms with Crippen LogP contribution in [0.25, 0.3) is 15.7 Å². The molecule has 1 unspecified atom stereocenters. The molecule has 1 atom stereocenters. The Balaban J connectivity index is 1.76. The van der Waals surface area contributed by atoms with Crippen LogP contribution in [0.5, 0.6) is 5.75 Å². The van der Waals surface area contributed by atoms with E-state index in [1.807, 2.05) is 0 Å². The molecule has 4 rings (SSSR count). The normalized spacial score (nSPS) is 15.8. The summed E-state index contributed by atoms with van der Waals surface area (Å²) in [5.41, 5.74) is -2.95. The minimum absolute atomic E-state index is 0.0116. The third kappa shape index (κ3) is 3.71. The zero-order valence-electron chi connectivity index (χ0n) is 17.6. The van der Waals surface area contributed by atoms with Crippen LogP contribution in [-0.2, 0) is 18.3 Å². The van der Waals surface area contributed by atoms with Crippen molar-refractivity contribution in [2.24, 2.45) is 0 Å². The van der Waals surface area contributed by atoms with Crippen LogP contribution in [0.3, 0.4) is 0 Å². The molecule has 0 saturated carbocycles. The van der Waals surface area contributed by atoms with Crippen molar-refractivity contribution in [1.29, 1.82) is 0 Å². The molecule has 2 aromatic carbocycles. The largest absolute Gasteiger partial charge is 0.493 e. The van der Waals surface area contributed by atoms with E-state index in [1.165, 1.54) is 26.0 Å². The highest BCUT2D eigenvalue weighted by molar-refractivity contribution is 5.94. The maximum absolute atomic E-state index is 14.2. The number of hydrogen-bond donors (Lipinski definition) is 2. The summed E-state index contributed by atoms with van der Waals surface area (Å²) in [6.07, 6.45) is -6.08. The molecule has 2 heterocycles. The smallest absolute Gasteiger partial charge is 0.417 e. The lowest BCUT2D eigenvalue weighted by molar-refractivity contribution is -0.266.